The maximum absolute atomic E-state index is 5.10. The summed E-state index contributed by atoms with van der Waals surface area (Å²) < 4.78 is 5.08. The van der Waals surface area contributed by atoms with Crippen molar-refractivity contribution in [1.82, 2.24) is 15.0 Å². The highest BCUT2D eigenvalue weighted by atomic mass is 32.1. The van der Waals surface area contributed by atoms with Crippen LogP contribution >= 0.6 is 22.7 Å². The third-order valence-corrected chi connectivity index (χ3v) is 11.7. The molecule has 0 aliphatic carbocycles. The average molecular weight is 674 g/mol. The minimum Gasteiger partial charge on any atom is -0.208 e. The van der Waals surface area contributed by atoms with Crippen LogP contribution in [0.25, 0.3) is 96.8 Å². The number of thiophene rings is 2. The highest BCUT2D eigenvalue weighted by Gasteiger charge is 2.20. The third-order valence-electron chi connectivity index (χ3n) is 9.34. The van der Waals surface area contributed by atoms with Crippen LogP contribution in [0.1, 0.15) is 0 Å². The summed E-state index contributed by atoms with van der Waals surface area (Å²) in [5.41, 5.74) is 7.88. The van der Waals surface area contributed by atoms with Crippen LogP contribution < -0.4 is 0 Å². The van der Waals surface area contributed by atoms with Gasteiger partial charge in [0.15, 0.2) is 17.5 Å². The first-order valence-corrected chi connectivity index (χ1v) is 18.2. The van der Waals surface area contributed by atoms with Gasteiger partial charge in [0.05, 0.1) is 0 Å². The second kappa shape index (κ2) is 11.8. The van der Waals surface area contributed by atoms with E-state index in [4.69, 9.17) is 15.0 Å². The lowest BCUT2D eigenvalue weighted by Crippen LogP contribution is -2.00. The fourth-order valence-corrected chi connectivity index (χ4v) is 9.48. The number of nitrogens with zero attached hydrogens (tertiary/aromatic N) is 3. The summed E-state index contributed by atoms with van der Waals surface area (Å²) in [5, 5.41) is 5.01. The fourth-order valence-electron chi connectivity index (χ4n) is 7.05. The zero-order chi connectivity index (χ0) is 33.0. The highest BCUT2D eigenvalue weighted by Crippen LogP contribution is 2.47. The molecule has 5 heteroatoms. The van der Waals surface area contributed by atoms with E-state index in [1.54, 1.807) is 0 Å². The molecule has 0 radical (unpaired) electrons. The van der Waals surface area contributed by atoms with Crippen LogP contribution in [0.2, 0.25) is 0 Å². The quantitative estimate of drug-likeness (QED) is 0.182. The molecule has 3 heterocycles. The van der Waals surface area contributed by atoms with E-state index in [9.17, 15) is 0 Å². The molecular formula is C45H27N3S2. The molecule has 234 valence electrons. The normalized spacial score (nSPS) is 11.6. The Morgan fingerprint density at radius 3 is 1.58 bits per heavy atom. The second-order valence-electron chi connectivity index (χ2n) is 12.4. The summed E-state index contributed by atoms with van der Waals surface area (Å²) >= 11 is 3.71. The largest absolute Gasteiger partial charge is 0.208 e. The number of hydrogen-bond donors (Lipinski definition) is 0. The minimum absolute atomic E-state index is 0.664. The second-order valence-corrected chi connectivity index (χ2v) is 14.5. The van der Waals surface area contributed by atoms with Gasteiger partial charge in [-0.25, -0.2) is 15.0 Å². The van der Waals surface area contributed by atoms with Crippen LogP contribution in [0.3, 0.4) is 0 Å². The first-order chi connectivity index (χ1) is 24.8. The SMILES string of the molecule is c1ccc(-c2nc(-c3ccccc3)nc(-c3cccc4sc5c(-c6cc(-c7ccccc7)c7c(c6)sc6ccccc67)cccc5c34)n2)cc1. The molecule has 0 saturated heterocycles. The number of benzene rings is 7. The van der Waals surface area contributed by atoms with Crippen LogP contribution in [0.5, 0.6) is 0 Å². The van der Waals surface area contributed by atoms with Crippen LogP contribution in [0, 0.1) is 0 Å². The third kappa shape index (κ3) is 4.82. The Kier molecular flexibility index (Phi) is 6.86. The van der Waals surface area contributed by atoms with Gasteiger partial charge in [0, 0.05) is 57.0 Å². The van der Waals surface area contributed by atoms with Gasteiger partial charge in [-0.3, -0.25) is 0 Å². The van der Waals surface area contributed by atoms with Crippen molar-refractivity contribution >= 4 is 63.0 Å². The molecule has 0 amide bonds. The maximum atomic E-state index is 5.10. The summed E-state index contributed by atoms with van der Waals surface area (Å²) in [6, 6.07) is 57.9. The van der Waals surface area contributed by atoms with Gasteiger partial charge in [-0.1, -0.05) is 140 Å². The smallest absolute Gasteiger partial charge is 0.164 e. The molecule has 10 rings (SSSR count). The molecule has 0 bridgehead atoms. The van der Waals surface area contributed by atoms with E-state index >= 15 is 0 Å². The molecule has 50 heavy (non-hydrogen) atoms. The molecule has 3 nitrogen and oxygen atoms in total. The molecule has 0 N–H and O–H groups in total. The van der Waals surface area contributed by atoms with Crippen molar-refractivity contribution < 1.29 is 0 Å². The molecule has 0 spiro atoms. The molecule has 0 aliphatic rings. The highest BCUT2D eigenvalue weighted by molar-refractivity contribution is 7.26. The Labute approximate surface area is 296 Å². The van der Waals surface area contributed by atoms with Gasteiger partial charge in [-0.05, 0) is 46.5 Å². The van der Waals surface area contributed by atoms with Crippen molar-refractivity contribution in [2.24, 2.45) is 0 Å². The molecule has 0 fully saturated rings. The van der Waals surface area contributed by atoms with E-state index in [1.807, 2.05) is 59.1 Å². The molecule has 10 aromatic rings. The van der Waals surface area contributed by atoms with Gasteiger partial charge in [0.1, 0.15) is 0 Å². The van der Waals surface area contributed by atoms with E-state index < -0.39 is 0 Å². The Morgan fingerprint density at radius 1 is 0.320 bits per heavy atom. The van der Waals surface area contributed by atoms with Crippen molar-refractivity contribution in [3.8, 4) is 56.4 Å². The Balaban J connectivity index is 1.21. The summed E-state index contributed by atoms with van der Waals surface area (Å²) in [7, 11) is 0. The summed E-state index contributed by atoms with van der Waals surface area (Å²) in [6.45, 7) is 0. The lowest BCUT2D eigenvalue weighted by atomic mass is 9.94. The number of rotatable bonds is 5. The first-order valence-electron chi connectivity index (χ1n) is 16.6. The Bertz CT molecular complexity index is 2800. The van der Waals surface area contributed by atoms with E-state index in [0.29, 0.717) is 17.5 Å². The Hall–Kier alpha value is -6.01. The van der Waals surface area contributed by atoms with Crippen molar-refractivity contribution in [1.29, 1.82) is 0 Å². The average Bonchev–Trinajstić information content (AvgIpc) is 3.77. The van der Waals surface area contributed by atoms with Gasteiger partial charge in [-0.2, -0.15) is 0 Å². The van der Waals surface area contributed by atoms with Crippen molar-refractivity contribution in [2.45, 2.75) is 0 Å². The predicted octanol–water partition coefficient (Wildman–Crippen LogP) is 12.9. The van der Waals surface area contributed by atoms with Crippen molar-refractivity contribution in [2.75, 3.05) is 0 Å². The first kappa shape index (κ1) is 29.0. The van der Waals surface area contributed by atoms with Gasteiger partial charge >= 0.3 is 0 Å². The topological polar surface area (TPSA) is 38.7 Å². The van der Waals surface area contributed by atoms with Gasteiger partial charge in [0.25, 0.3) is 0 Å². The number of aromatic nitrogens is 3. The summed E-state index contributed by atoms with van der Waals surface area (Å²) in [5.74, 6) is 2.00. The predicted molar refractivity (Wildman–Crippen MR) is 213 cm³/mol. The molecule has 0 atom stereocenters. The minimum atomic E-state index is 0.664. The van der Waals surface area contributed by atoms with E-state index in [1.165, 1.54) is 62.6 Å². The zero-order valence-corrected chi connectivity index (χ0v) is 28.4. The van der Waals surface area contributed by atoms with Crippen LogP contribution in [-0.2, 0) is 0 Å². The van der Waals surface area contributed by atoms with E-state index in [-0.39, 0.29) is 0 Å². The molecule has 0 saturated carbocycles. The van der Waals surface area contributed by atoms with Gasteiger partial charge < -0.3 is 0 Å². The maximum Gasteiger partial charge on any atom is 0.164 e. The lowest BCUT2D eigenvalue weighted by molar-refractivity contribution is 1.08. The standard InChI is InChI=1S/C45H27N3S2/c1-4-14-28(15-5-1)36-26-31(27-39-40(36)33-20-10-11-24-37(33)49-39)32-21-12-22-34-41-35(23-13-25-38(41)50-42(32)34)45-47-43(29-16-6-2-7-17-29)46-44(48-45)30-18-8-3-9-19-30/h1-27H. The number of fused-ring (bicyclic) bond motifs is 6. The van der Waals surface area contributed by atoms with E-state index in [2.05, 4.69) is 127 Å². The fraction of sp³-hybridized carbons (Fsp3) is 0. The summed E-state index contributed by atoms with van der Waals surface area (Å²) in [6.07, 6.45) is 0. The Morgan fingerprint density at radius 2 is 0.860 bits per heavy atom. The molecular weight excluding hydrogens is 647 g/mol. The van der Waals surface area contributed by atoms with Crippen LogP contribution in [0.4, 0.5) is 0 Å². The van der Waals surface area contributed by atoms with Crippen molar-refractivity contribution in [3.05, 3.63) is 164 Å². The molecule has 3 aromatic heterocycles. The monoisotopic (exact) mass is 673 g/mol. The zero-order valence-electron chi connectivity index (χ0n) is 26.7. The number of hydrogen-bond acceptors (Lipinski definition) is 5. The summed E-state index contributed by atoms with van der Waals surface area (Å²) in [4.78, 5) is 15.1. The van der Waals surface area contributed by atoms with Crippen LogP contribution in [-0.4, -0.2) is 15.0 Å². The van der Waals surface area contributed by atoms with Gasteiger partial charge in [-0.15, -0.1) is 22.7 Å². The lowest BCUT2D eigenvalue weighted by Gasteiger charge is -2.11. The van der Waals surface area contributed by atoms with Gasteiger partial charge in [0.2, 0.25) is 0 Å². The van der Waals surface area contributed by atoms with Crippen molar-refractivity contribution in [3.63, 3.8) is 0 Å². The molecule has 0 aliphatic heterocycles. The van der Waals surface area contributed by atoms with E-state index in [0.717, 1.165) is 16.7 Å². The molecule has 7 aromatic carbocycles. The molecule has 0 unspecified atom stereocenters. The van der Waals surface area contributed by atoms with Crippen LogP contribution in [0.15, 0.2) is 164 Å².